The van der Waals surface area contributed by atoms with Gasteiger partial charge in [0.25, 0.3) is 0 Å². The highest BCUT2D eigenvalue weighted by molar-refractivity contribution is 5.78. The summed E-state index contributed by atoms with van der Waals surface area (Å²) in [6.07, 6.45) is -23.1. The molecular formula is C21H27F11O4. The molecular weight excluding hydrogens is 525 g/mol. The third-order valence-corrected chi connectivity index (χ3v) is 7.64. The molecule has 0 bridgehead atoms. The molecule has 15 heteroatoms. The van der Waals surface area contributed by atoms with Crippen LogP contribution in [0, 0.1) is 11.3 Å². The molecule has 4 atom stereocenters. The van der Waals surface area contributed by atoms with E-state index in [0.717, 1.165) is 6.92 Å². The van der Waals surface area contributed by atoms with Crippen molar-refractivity contribution in [1.82, 2.24) is 0 Å². The highest BCUT2D eigenvalue weighted by Gasteiger charge is 2.88. The summed E-state index contributed by atoms with van der Waals surface area (Å²) in [7, 11) is 0. The van der Waals surface area contributed by atoms with Crippen LogP contribution >= 0.6 is 0 Å². The maximum atomic E-state index is 15.8. The molecule has 212 valence electrons. The zero-order chi connectivity index (χ0) is 28.2. The van der Waals surface area contributed by atoms with E-state index >= 15 is 8.78 Å². The van der Waals surface area contributed by atoms with E-state index in [1.165, 1.54) is 0 Å². The first-order chi connectivity index (χ1) is 16.0. The van der Waals surface area contributed by atoms with Crippen molar-refractivity contribution >= 4 is 5.97 Å². The maximum Gasteiger partial charge on any atom is 0.449 e. The monoisotopic (exact) mass is 552 g/mol. The standard InChI is InChI=1S/C21H27F11O4/c1-4-14(3,19(24,25)26)13(33)35-16(12-9-7-6-8-10-12)11-15(5-2,20(27,28)29)36-18(34,17(16,22)23)21(30,31)32/h12,34H,4-11H2,1-3H3. The van der Waals surface area contributed by atoms with Gasteiger partial charge in [0.2, 0.25) is 0 Å². The fourth-order valence-electron chi connectivity index (χ4n) is 4.89. The van der Waals surface area contributed by atoms with Crippen LogP contribution in [0.25, 0.3) is 0 Å². The van der Waals surface area contributed by atoms with E-state index in [1.807, 2.05) is 0 Å². The number of rotatable bonds is 5. The van der Waals surface area contributed by atoms with E-state index < -0.39 is 90.8 Å². The Bertz CT molecular complexity index is 818. The molecule has 4 unspecified atom stereocenters. The van der Waals surface area contributed by atoms with Crippen molar-refractivity contribution < 1.29 is 67.7 Å². The van der Waals surface area contributed by atoms with Gasteiger partial charge >= 0.3 is 36.2 Å². The number of hydrogen-bond donors (Lipinski definition) is 1. The van der Waals surface area contributed by atoms with Crippen LogP contribution in [0.3, 0.4) is 0 Å². The van der Waals surface area contributed by atoms with Gasteiger partial charge in [0, 0.05) is 12.3 Å². The van der Waals surface area contributed by atoms with Crippen molar-refractivity contribution in [3.05, 3.63) is 0 Å². The molecule has 1 saturated carbocycles. The summed E-state index contributed by atoms with van der Waals surface area (Å²) in [5.74, 6) is -16.1. The summed E-state index contributed by atoms with van der Waals surface area (Å²) < 4.78 is 165. The SMILES string of the molecule is CCC1(C(F)(F)F)CC(OC(=O)C(C)(CC)C(F)(F)F)(C2CCCCC2)C(F)(F)C(O)(C(F)(F)F)O1. The molecule has 1 N–H and O–H groups in total. The van der Waals surface area contributed by atoms with Gasteiger partial charge in [-0.15, -0.1) is 0 Å². The van der Waals surface area contributed by atoms with Crippen molar-refractivity contribution in [1.29, 1.82) is 0 Å². The van der Waals surface area contributed by atoms with E-state index in [9.17, 15) is 49.4 Å². The van der Waals surface area contributed by atoms with Crippen molar-refractivity contribution in [2.45, 2.75) is 114 Å². The molecule has 1 saturated heterocycles. The molecule has 0 radical (unpaired) electrons. The first-order valence-corrected chi connectivity index (χ1v) is 11.3. The lowest BCUT2D eigenvalue weighted by atomic mass is 9.64. The van der Waals surface area contributed by atoms with Crippen LogP contribution in [0.15, 0.2) is 0 Å². The van der Waals surface area contributed by atoms with Gasteiger partial charge in [0.15, 0.2) is 16.6 Å². The Hall–Kier alpha value is -1.38. The number of esters is 1. The Morgan fingerprint density at radius 2 is 1.44 bits per heavy atom. The second-order valence-corrected chi connectivity index (χ2v) is 9.64. The van der Waals surface area contributed by atoms with Gasteiger partial charge in [0.05, 0.1) is 0 Å². The average molecular weight is 552 g/mol. The molecule has 2 fully saturated rings. The molecule has 4 nitrogen and oxygen atoms in total. The minimum Gasteiger partial charge on any atom is -0.451 e. The van der Waals surface area contributed by atoms with Gasteiger partial charge in [-0.3, -0.25) is 4.79 Å². The van der Waals surface area contributed by atoms with E-state index in [0.29, 0.717) is 13.3 Å². The number of ether oxygens (including phenoxy) is 2. The summed E-state index contributed by atoms with van der Waals surface area (Å²) in [4.78, 5) is 12.8. The van der Waals surface area contributed by atoms with Crippen LogP contribution in [0.5, 0.6) is 0 Å². The average Bonchev–Trinajstić information content (AvgIpc) is 2.74. The van der Waals surface area contributed by atoms with Crippen LogP contribution < -0.4 is 0 Å². The van der Waals surface area contributed by atoms with Gasteiger partial charge in [-0.2, -0.15) is 48.3 Å². The largest absolute Gasteiger partial charge is 0.451 e. The van der Waals surface area contributed by atoms with Crippen molar-refractivity contribution in [3.8, 4) is 0 Å². The summed E-state index contributed by atoms with van der Waals surface area (Å²) in [5.41, 5.74) is -11.8. The Morgan fingerprint density at radius 1 is 0.944 bits per heavy atom. The van der Waals surface area contributed by atoms with E-state index in [1.54, 1.807) is 0 Å². The fourth-order valence-corrected chi connectivity index (χ4v) is 4.89. The minimum atomic E-state index is -6.56. The number of hydrogen-bond acceptors (Lipinski definition) is 4. The highest BCUT2D eigenvalue weighted by atomic mass is 19.4. The van der Waals surface area contributed by atoms with E-state index in [2.05, 4.69) is 9.47 Å². The highest BCUT2D eigenvalue weighted by Crippen LogP contribution is 2.65. The normalized spacial score (nSPS) is 34.2. The first-order valence-electron chi connectivity index (χ1n) is 11.3. The zero-order valence-electron chi connectivity index (χ0n) is 19.6. The maximum absolute atomic E-state index is 15.8. The van der Waals surface area contributed by atoms with Crippen molar-refractivity contribution in [2.75, 3.05) is 0 Å². The molecule has 0 aromatic rings. The van der Waals surface area contributed by atoms with Crippen LogP contribution in [0.4, 0.5) is 48.3 Å². The Morgan fingerprint density at radius 3 is 1.81 bits per heavy atom. The summed E-state index contributed by atoms with van der Waals surface area (Å²) in [6.45, 7) is 1.71. The molecule has 1 aliphatic heterocycles. The number of carbonyl (C=O) groups is 1. The minimum absolute atomic E-state index is 0.0147. The van der Waals surface area contributed by atoms with Crippen LogP contribution in [-0.2, 0) is 14.3 Å². The predicted molar refractivity (Wildman–Crippen MR) is 101 cm³/mol. The van der Waals surface area contributed by atoms with Crippen LogP contribution in [0.2, 0.25) is 0 Å². The second kappa shape index (κ2) is 9.12. The number of alkyl halides is 11. The summed E-state index contributed by atoms with van der Waals surface area (Å²) in [5, 5.41) is 10.2. The number of aliphatic hydroxyl groups is 1. The predicted octanol–water partition coefficient (Wildman–Crippen LogP) is 6.84. The van der Waals surface area contributed by atoms with Crippen LogP contribution in [-0.4, -0.2) is 52.5 Å². The molecule has 0 spiro atoms. The molecule has 0 aromatic heterocycles. The van der Waals surface area contributed by atoms with Crippen molar-refractivity contribution in [2.24, 2.45) is 11.3 Å². The molecule has 2 rings (SSSR count). The van der Waals surface area contributed by atoms with Crippen molar-refractivity contribution in [3.63, 3.8) is 0 Å². The molecule has 1 aliphatic carbocycles. The first kappa shape index (κ1) is 30.8. The van der Waals surface area contributed by atoms with E-state index in [4.69, 9.17) is 0 Å². The van der Waals surface area contributed by atoms with E-state index in [-0.39, 0.29) is 19.8 Å². The quantitative estimate of drug-likeness (QED) is 0.300. The smallest absolute Gasteiger partial charge is 0.449 e. The molecule has 0 amide bonds. The number of halogens is 11. The Labute approximate surface area is 199 Å². The lowest BCUT2D eigenvalue weighted by Gasteiger charge is -2.59. The molecule has 1 heterocycles. The third-order valence-electron chi connectivity index (χ3n) is 7.64. The summed E-state index contributed by atoms with van der Waals surface area (Å²) in [6, 6.07) is 0. The lowest BCUT2D eigenvalue weighted by molar-refractivity contribution is -0.523. The van der Waals surface area contributed by atoms with Gasteiger partial charge in [-0.25, -0.2) is 0 Å². The van der Waals surface area contributed by atoms with Gasteiger partial charge in [-0.1, -0.05) is 33.1 Å². The lowest BCUT2D eigenvalue weighted by Crippen LogP contribution is -2.81. The topological polar surface area (TPSA) is 55.8 Å². The van der Waals surface area contributed by atoms with Gasteiger partial charge < -0.3 is 14.6 Å². The molecule has 36 heavy (non-hydrogen) atoms. The van der Waals surface area contributed by atoms with Gasteiger partial charge in [0.1, 0.15) is 0 Å². The molecule has 2 aliphatic rings. The van der Waals surface area contributed by atoms with Crippen LogP contribution in [0.1, 0.15) is 72.1 Å². The summed E-state index contributed by atoms with van der Waals surface area (Å²) >= 11 is 0. The zero-order valence-corrected chi connectivity index (χ0v) is 19.6. The Kier molecular flexibility index (Phi) is 7.82. The third kappa shape index (κ3) is 4.35. The molecule has 0 aromatic carbocycles. The van der Waals surface area contributed by atoms with Gasteiger partial charge in [-0.05, 0) is 32.6 Å². The second-order valence-electron chi connectivity index (χ2n) is 9.64. The fraction of sp³-hybridized carbons (Fsp3) is 0.952. The Balaban J connectivity index is 2.92. The number of carbonyl (C=O) groups excluding carboxylic acids is 1.